The minimum Gasteiger partial charge on any atom is -0.469 e. The van der Waals surface area contributed by atoms with Crippen LogP contribution in [0.25, 0.3) is 0 Å². The first-order valence-corrected chi connectivity index (χ1v) is 12.7. The molecule has 5 heteroatoms. The molecule has 5 nitrogen and oxygen atoms in total. The Kier molecular flexibility index (Phi) is 15.9. The van der Waals surface area contributed by atoms with Crippen molar-refractivity contribution in [3.05, 3.63) is 24.3 Å². The molecule has 0 amide bonds. The Morgan fingerprint density at radius 1 is 1.00 bits per heavy atom. The zero-order valence-electron chi connectivity index (χ0n) is 20.6. The van der Waals surface area contributed by atoms with E-state index in [9.17, 15) is 14.7 Å². The van der Waals surface area contributed by atoms with E-state index >= 15 is 0 Å². The average molecular weight is 451 g/mol. The maximum atomic E-state index is 11.7. The molecule has 184 valence electrons. The van der Waals surface area contributed by atoms with Crippen LogP contribution in [0.5, 0.6) is 0 Å². The number of hydrogen-bond acceptors (Lipinski definition) is 5. The number of rotatable bonds is 16. The summed E-state index contributed by atoms with van der Waals surface area (Å²) < 4.78 is 10.4. The molecule has 0 spiro atoms. The van der Waals surface area contributed by atoms with Gasteiger partial charge in [-0.05, 0) is 38.0 Å². The van der Waals surface area contributed by atoms with Crippen LogP contribution in [0.3, 0.4) is 0 Å². The van der Waals surface area contributed by atoms with Gasteiger partial charge in [-0.15, -0.1) is 0 Å². The maximum absolute atomic E-state index is 11.7. The molecule has 1 saturated carbocycles. The molecule has 32 heavy (non-hydrogen) atoms. The van der Waals surface area contributed by atoms with Gasteiger partial charge in [0.1, 0.15) is 6.10 Å². The maximum Gasteiger partial charge on any atom is 0.305 e. The molecule has 0 heterocycles. The van der Waals surface area contributed by atoms with Crippen LogP contribution in [0.2, 0.25) is 0 Å². The van der Waals surface area contributed by atoms with Gasteiger partial charge in [0.05, 0.1) is 13.2 Å². The highest BCUT2D eigenvalue weighted by Gasteiger charge is 2.32. The number of carbonyl (C=O) groups excluding carboxylic acids is 2. The molecule has 0 aromatic rings. The Morgan fingerprint density at radius 2 is 1.72 bits per heavy atom. The summed E-state index contributed by atoms with van der Waals surface area (Å²) in [5, 5.41) is 10.2. The van der Waals surface area contributed by atoms with Gasteiger partial charge in [0.2, 0.25) is 0 Å². The van der Waals surface area contributed by atoms with Gasteiger partial charge in [0, 0.05) is 19.3 Å². The molecule has 0 aromatic heterocycles. The van der Waals surface area contributed by atoms with Gasteiger partial charge in [-0.25, -0.2) is 0 Å². The van der Waals surface area contributed by atoms with Crippen molar-refractivity contribution in [2.24, 2.45) is 11.8 Å². The lowest BCUT2D eigenvalue weighted by atomic mass is 9.75. The molecular formula is C27H46O5. The van der Waals surface area contributed by atoms with Crippen LogP contribution < -0.4 is 0 Å². The van der Waals surface area contributed by atoms with E-state index in [-0.39, 0.29) is 30.1 Å². The summed E-state index contributed by atoms with van der Waals surface area (Å²) in [5.74, 6) is 0.116. The van der Waals surface area contributed by atoms with Crippen molar-refractivity contribution in [2.75, 3.05) is 7.11 Å². The summed E-state index contributed by atoms with van der Waals surface area (Å²) >= 11 is 0. The van der Waals surface area contributed by atoms with Crippen LogP contribution in [-0.4, -0.2) is 36.4 Å². The predicted molar refractivity (Wildman–Crippen MR) is 129 cm³/mol. The van der Waals surface area contributed by atoms with Crippen molar-refractivity contribution in [3.8, 4) is 0 Å². The SMILES string of the molecule is CCCCCCCCC(O)/C=C/C=C/C1CCCCC1C(CCCC(=O)OC)OC(C)=O. The number of aliphatic hydroxyl groups excluding tert-OH is 1. The molecule has 0 aliphatic heterocycles. The molecule has 1 aliphatic carbocycles. The Hall–Kier alpha value is -1.62. The number of unbranched alkanes of at least 4 members (excludes halogenated alkanes) is 5. The predicted octanol–water partition coefficient (Wildman–Crippen LogP) is 6.29. The standard InChI is InChI=1S/C27H46O5/c1-4-5-6-7-8-9-17-24(29)18-12-10-15-23-16-11-13-19-25(23)26(32-22(2)28)20-14-21-27(30)31-3/h10,12,15,18,23-26,29H,4-9,11,13-14,16-17,19-21H2,1-3H3/b15-10+,18-12+. The molecule has 4 atom stereocenters. The third-order valence-electron chi connectivity index (χ3n) is 6.42. The Bertz CT molecular complexity index is 568. The van der Waals surface area contributed by atoms with Crippen LogP contribution in [-0.2, 0) is 19.1 Å². The first-order chi connectivity index (χ1) is 15.5. The zero-order chi connectivity index (χ0) is 23.6. The molecule has 1 rings (SSSR count). The van der Waals surface area contributed by atoms with E-state index in [4.69, 9.17) is 9.47 Å². The van der Waals surface area contributed by atoms with Crippen LogP contribution in [0.1, 0.15) is 104 Å². The first-order valence-electron chi connectivity index (χ1n) is 12.7. The minimum absolute atomic E-state index is 0.172. The van der Waals surface area contributed by atoms with Crippen molar-refractivity contribution >= 4 is 11.9 Å². The van der Waals surface area contributed by atoms with Gasteiger partial charge in [0.25, 0.3) is 0 Å². The number of ether oxygens (including phenoxy) is 2. The Balaban J connectivity index is 2.53. The average Bonchev–Trinajstić information content (AvgIpc) is 2.78. The van der Waals surface area contributed by atoms with Gasteiger partial charge < -0.3 is 14.6 Å². The van der Waals surface area contributed by atoms with Crippen molar-refractivity contribution in [2.45, 2.75) is 116 Å². The zero-order valence-corrected chi connectivity index (χ0v) is 20.6. The van der Waals surface area contributed by atoms with Gasteiger partial charge in [-0.1, -0.05) is 82.6 Å². The van der Waals surface area contributed by atoms with E-state index in [1.54, 1.807) is 0 Å². The van der Waals surface area contributed by atoms with Crippen LogP contribution in [0.4, 0.5) is 0 Å². The third kappa shape index (κ3) is 13.0. The Labute approximate surface area is 195 Å². The van der Waals surface area contributed by atoms with Gasteiger partial charge in [-0.2, -0.15) is 0 Å². The van der Waals surface area contributed by atoms with Gasteiger partial charge >= 0.3 is 11.9 Å². The summed E-state index contributed by atoms with van der Waals surface area (Å²) in [6, 6.07) is 0. The summed E-state index contributed by atoms with van der Waals surface area (Å²) in [5.41, 5.74) is 0. The largest absolute Gasteiger partial charge is 0.469 e. The quantitative estimate of drug-likeness (QED) is 0.170. The van der Waals surface area contributed by atoms with Crippen LogP contribution >= 0.6 is 0 Å². The second-order valence-corrected chi connectivity index (χ2v) is 9.12. The first kappa shape index (κ1) is 28.4. The van der Waals surface area contributed by atoms with E-state index < -0.39 is 0 Å². The van der Waals surface area contributed by atoms with Crippen molar-refractivity contribution < 1.29 is 24.2 Å². The van der Waals surface area contributed by atoms with E-state index in [1.807, 2.05) is 18.2 Å². The molecular weight excluding hydrogens is 404 g/mol. The number of hydrogen-bond donors (Lipinski definition) is 1. The van der Waals surface area contributed by atoms with Crippen molar-refractivity contribution in [3.63, 3.8) is 0 Å². The van der Waals surface area contributed by atoms with Gasteiger partial charge in [-0.3, -0.25) is 9.59 Å². The number of carbonyl (C=O) groups is 2. The highest BCUT2D eigenvalue weighted by Crippen LogP contribution is 2.36. The lowest BCUT2D eigenvalue weighted by molar-refractivity contribution is -0.151. The lowest BCUT2D eigenvalue weighted by Gasteiger charge is -2.35. The summed E-state index contributed by atoms with van der Waals surface area (Å²) in [7, 11) is 1.39. The summed E-state index contributed by atoms with van der Waals surface area (Å²) in [4.78, 5) is 23.1. The van der Waals surface area contributed by atoms with Crippen LogP contribution in [0.15, 0.2) is 24.3 Å². The number of esters is 2. The fraction of sp³-hybridized carbons (Fsp3) is 0.778. The Morgan fingerprint density at radius 3 is 2.44 bits per heavy atom. The molecule has 1 N–H and O–H groups in total. The van der Waals surface area contributed by atoms with Gasteiger partial charge in [0.15, 0.2) is 0 Å². The summed E-state index contributed by atoms with van der Waals surface area (Å²) in [6.45, 7) is 3.67. The molecule has 0 aromatic carbocycles. The van der Waals surface area contributed by atoms with E-state index in [0.717, 1.165) is 32.1 Å². The monoisotopic (exact) mass is 450 g/mol. The smallest absolute Gasteiger partial charge is 0.305 e. The fourth-order valence-corrected chi connectivity index (χ4v) is 4.64. The third-order valence-corrected chi connectivity index (χ3v) is 6.42. The molecule has 0 saturated heterocycles. The summed E-state index contributed by atoms with van der Waals surface area (Å²) in [6.07, 6.45) is 21.8. The van der Waals surface area contributed by atoms with Crippen molar-refractivity contribution in [1.82, 2.24) is 0 Å². The second-order valence-electron chi connectivity index (χ2n) is 9.12. The van der Waals surface area contributed by atoms with Crippen LogP contribution in [0, 0.1) is 11.8 Å². The number of allylic oxidation sites excluding steroid dienone is 3. The van der Waals surface area contributed by atoms with E-state index in [2.05, 4.69) is 13.0 Å². The normalized spacial score (nSPS) is 21.0. The van der Waals surface area contributed by atoms with E-state index in [0.29, 0.717) is 25.2 Å². The topological polar surface area (TPSA) is 72.8 Å². The second kappa shape index (κ2) is 17.9. The number of methoxy groups -OCH3 is 1. The molecule has 0 bridgehead atoms. The minimum atomic E-state index is -0.389. The fourth-order valence-electron chi connectivity index (χ4n) is 4.64. The molecule has 4 unspecified atom stereocenters. The molecule has 0 radical (unpaired) electrons. The van der Waals surface area contributed by atoms with Crippen molar-refractivity contribution in [1.29, 1.82) is 0 Å². The lowest BCUT2D eigenvalue weighted by Crippen LogP contribution is -2.33. The molecule has 1 aliphatic rings. The molecule has 1 fully saturated rings. The highest BCUT2D eigenvalue weighted by molar-refractivity contribution is 5.69. The van der Waals surface area contributed by atoms with E-state index in [1.165, 1.54) is 52.6 Å². The highest BCUT2D eigenvalue weighted by atomic mass is 16.5. The number of aliphatic hydroxyl groups is 1.